The second-order valence-corrected chi connectivity index (χ2v) is 4.51. The van der Waals surface area contributed by atoms with Crippen LogP contribution in [0.4, 0.5) is 22.7 Å². The van der Waals surface area contributed by atoms with Gasteiger partial charge in [-0.2, -0.15) is 0 Å². The molecule has 2 aromatic carbocycles. The molecule has 0 spiro atoms. The minimum Gasteiger partial charge on any atom is -0.399 e. The SMILES string of the molecule is Nc1cc(N)cc(Cl)c1.Nc1cc(N)cc(Cl)c1. The van der Waals surface area contributed by atoms with E-state index in [0.29, 0.717) is 32.8 Å². The Morgan fingerprint density at radius 1 is 0.500 bits per heavy atom. The largest absolute Gasteiger partial charge is 0.399 e. The average molecular weight is 285 g/mol. The van der Waals surface area contributed by atoms with E-state index in [1.807, 2.05) is 0 Å². The fourth-order valence-corrected chi connectivity index (χ4v) is 1.78. The summed E-state index contributed by atoms with van der Waals surface area (Å²) in [6.07, 6.45) is 0. The van der Waals surface area contributed by atoms with Crippen molar-refractivity contribution < 1.29 is 0 Å². The zero-order valence-corrected chi connectivity index (χ0v) is 11.0. The van der Waals surface area contributed by atoms with Gasteiger partial charge < -0.3 is 22.9 Å². The van der Waals surface area contributed by atoms with E-state index >= 15 is 0 Å². The van der Waals surface area contributed by atoms with Gasteiger partial charge in [-0.05, 0) is 36.4 Å². The molecule has 0 saturated carbocycles. The van der Waals surface area contributed by atoms with Gasteiger partial charge in [-0.3, -0.25) is 0 Å². The van der Waals surface area contributed by atoms with Crippen molar-refractivity contribution in [3.63, 3.8) is 0 Å². The van der Waals surface area contributed by atoms with Crippen molar-refractivity contribution in [3.8, 4) is 0 Å². The number of halogens is 2. The Labute approximate surface area is 115 Å². The van der Waals surface area contributed by atoms with Crippen LogP contribution in [-0.4, -0.2) is 0 Å². The summed E-state index contributed by atoms with van der Waals surface area (Å²) in [6.45, 7) is 0. The normalized spacial score (nSPS) is 9.44. The molecular formula is C12H14Cl2N4. The molecule has 0 heterocycles. The van der Waals surface area contributed by atoms with E-state index in [4.69, 9.17) is 46.1 Å². The van der Waals surface area contributed by atoms with Crippen LogP contribution in [0.25, 0.3) is 0 Å². The summed E-state index contributed by atoms with van der Waals surface area (Å²) in [5.41, 5.74) is 24.0. The van der Waals surface area contributed by atoms with Crippen molar-refractivity contribution in [3.05, 3.63) is 46.4 Å². The topological polar surface area (TPSA) is 104 Å². The van der Waals surface area contributed by atoms with Crippen LogP contribution in [0.5, 0.6) is 0 Å². The van der Waals surface area contributed by atoms with Crippen LogP contribution in [0.15, 0.2) is 36.4 Å². The molecule has 0 atom stereocenters. The Morgan fingerprint density at radius 2 is 0.722 bits per heavy atom. The lowest BCUT2D eigenvalue weighted by Gasteiger charge is -1.95. The van der Waals surface area contributed by atoms with Gasteiger partial charge in [0.1, 0.15) is 0 Å². The Hall–Kier alpha value is -1.78. The highest BCUT2D eigenvalue weighted by atomic mass is 35.5. The van der Waals surface area contributed by atoms with E-state index in [9.17, 15) is 0 Å². The van der Waals surface area contributed by atoms with Gasteiger partial charge in [-0.1, -0.05) is 23.2 Å². The Kier molecular flexibility index (Phi) is 4.95. The minimum absolute atomic E-state index is 0.576. The molecule has 0 saturated heterocycles. The molecule has 2 rings (SSSR count). The van der Waals surface area contributed by atoms with E-state index in [-0.39, 0.29) is 0 Å². The van der Waals surface area contributed by atoms with Gasteiger partial charge >= 0.3 is 0 Å². The zero-order chi connectivity index (χ0) is 13.7. The van der Waals surface area contributed by atoms with Gasteiger partial charge in [-0.25, -0.2) is 0 Å². The molecule has 4 nitrogen and oxygen atoms in total. The molecule has 8 N–H and O–H groups in total. The molecule has 0 aromatic heterocycles. The third-order valence-corrected chi connectivity index (χ3v) is 2.32. The highest BCUT2D eigenvalue weighted by Gasteiger charge is 1.91. The van der Waals surface area contributed by atoms with Gasteiger partial charge in [0.25, 0.3) is 0 Å². The van der Waals surface area contributed by atoms with Crippen molar-refractivity contribution in [2.75, 3.05) is 22.9 Å². The summed E-state index contributed by atoms with van der Waals surface area (Å²) >= 11 is 11.2. The van der Waals surface area contributed by atoms with Gasteiger partial charge in [0.05, 0.1) is 0 Å². The van der Waals surface area contributed by atoms with E-state index in [0.717, 1.165) is 0 Å². The molecule has 0 aliphatic carbocycles. The van der Waals surface area contributed by atoms with Crippen molar-refractivity contribution >= 4 is 46.0 Å². The first-order chi connectivity index (χ1) is 8.36. The number of rotatable bonds is 0. The van der Waals surface area contributed by atoms with E-state index < -0.39 is 0 Å². The van der Waals surface area contributed by atoms with Crippen LogP contribution >= 0.6 is 23.2 Å². The molecule has 0 bridgehead atoms. The van der Waals surface area contributed by atoms with Crippen molar-refractivity contribution in [2.45, 2.75) is 0 Å². The van der Waals surface area contributed by atoms with Gasteiger partial charge in [-0.15, -0.1) is 0 Å². The van der Waals surface area contributed by atoms with Crippen LogP contribution in [0.1, 0.15) is 0 Å². The number of anilines is 4. The molecule has 6 heteroatoms. The van der Waals surface area contributed by atoms with Crippen LogP contribution in [0.3, 0.4) is 0 Å². The Bertz CT molecular complexity index is 393. The van der Waals surface area contributed by atoms with Crippen molar-refractivity contribution in [1.82, 2.24) is 0 Å². The lowest BCUT2D eigenvalue weighted by molar-refractivity contribution is 1.66. The minimum atomic E-state index is 0.576. The van der Waals surface area contributed by atoms with Crippen LogP contribution in [0, 0.1) is 0 Å². The Balaban J connectivity index is 0.000000180. The summed E-state index contributed by atoms with van der Waals surface area (Å²) in [4.78, 5) is 0. The highest BCUT2D eigenvalue weighted by molar-refractivity contribution is 6.31. The van der Waals surface area contributed by atoms with Gasteiger partial charge in [0.2, 0.25) is 0 Å². The predicted octanol–water partition coefficient (Wildman–Crippen LogP) is 3.01. The molecular weight excluding hydrogens is 271 g/mol. The van der Waals surface area contributed by atoms with E-state index in [1.54, 1.807) is 36.4 Å². The van der Waals surface area contributed by atoms with E-state index in [1.165, 1.54) is 0 Å². The molecule has 2 aromatic rings. The molecule has 0 fully saturated rings. The predicted molar refractivity (Wildman–Crippen MR) is 80.6 cm³/mol. The summed E-state index contributed by atoms with van der Waals surface area (Å²) < 4.78 is 0. The monoisotopic (exact) mass is 284 g/mol. The highest BCUT2D eigenvalue weighted by Crippen LogP contribution is 2.17. The molecule has 18 heavy (non-hydrogen) atoms. The summed E-state index contributed by atoms with van der Waals surface area (Å²) in [5, 5.41) is 1.15. The summed E-state index contributed by atoms with van der Waals surface area (Å²) in [5.74, 6) is 0. The second-order valence-electron chi connectivity index (χ2n) is 3.64. The lowest BCUT2D eigenvalue weighted by Crippen LogP contribution is -1.88. The first-order valence-corrected chi connectivity index (χ1v) is 5.75. The molecule has 0 unspecified atom stereocenters. The van der Waals surface area contributed by atoms with Crippen LogP contribution in [0.2, 0.25) is 10.0 Å². The molecule has 96 valence electrons. The maximum absolute atomic E-state index is 5.59. The summed E-state index contributed by atoms with van der Waals surface area (Å²) in [6, 6.07) is 9.92. The van der Waals surface area contributed by atoms with Crippen molar-refractivity contribution in [2.24, 2.45) is 0 Å². The number of hydrogen-bond donors (Lipinski definition) is 4. The maximum Gasteiger partial charge on any atom is 0.0446 e. The smallest absolute Gasteiger partial charge is 0.0446 e. The van der Waals surface area contributed by atoms with Crippen molar-refractivity contribution in [1.29, 1.82) is 0 Å². The molecule has 0 aliphatic rings. The fourth-order valence-electron chi connectivity index (χ4n) is 1.27. The standard InChI is InChI=1S/2C6H7ClN2/c2*7-4-1-5(8)3-6(9)2-4/h2*1-3H,8-9H2. The van der Waals surface area contributed by atoms with Crippen LogP contribution < -0.4 is 22.9 Å². The first-order valence-electron chi connectivity index (χ1n) is 5.00. The van der Waals surface area contributed by atoms with E-state index in [2.05, 4.69) is 0 Å². The van der Waals surface area contributed by atoms with Gasteiger partial charge in [0.15, 0.2) is 0 Å². The number of nitrogens with two attached hydrogens (primary N) is 4. The molecule has 0 aliphatic heterocycles. The third-order valence-electron chi connectivity index (χ3n) is 1.88. The Morgan fingerprint density at radius 3 is 0.889 bits per heavy atom. The quantitative estimate of drug-likeness (QED) is 0.558. The summed E-state index contributed by atoms with van der Waals surface area (Å²) in [7, 11) is 0. The maximum atomic E-state index is 5.59. The molecule has 0 amide bonds. The van der Waals surface area contributed by atoms with Crippen LogP contribution in [-0.2, 0) is 0 Å². The second kappa shape index (κ2) is 6.23. The number of nitrogen functional groups attached to an aromatic ring is 4. The number of benzene rings is 2. The molecule has 0 radical (unpaired) electrons. The first kappa shape index (κ1) is 14.3. The zero-order valence-electron chi connectivity index (χ0n) is 9.53. The number of hydrogen-bond acceptors (Lipinski definition) is 4. The fraction of sp³-hybridized carbons (Fsp3) is 0. The lowest BCUT2D eigenvalue weighted by atomic mass is 10.3. The van der Waals surface area contributed by atoms with Gasteiger partial charge in [0, 0.05) is 32.8 Å². The third kappa shape index (κ3) is 5.03. The average Bonchev–Trinajstić information content (AvgIpc) is 2.12.